The normalized spacial score (nSPS) is 17.7. The van der Waals surface area contributed by atoms with Crippen molar-refractivity contribution in [2.45, 2.75) is 17.4 Å². The minimum atomic E-state index is -0.287. The molecule has 0 amide bonds. The molecule has 1 aromatic carbocycles. The third-order valence-corrected chi connectivity index (χ3v) is 5.39. The molecule has 2 aromatic rings. The van der Waals surface area contributed by atoms with Crippen molar-refractivity contribution < 1.29 is 4.39 Å². The van der Waals surface area contributed by atoms with Gasteiger partial charge in [-0.25, -0.2) is 9.37 Å². The summed E-state index contributed by atoms with van der Waals surface area (Å²) in [4.78, 5) is 6.60. The molecular weight excluding hydrogens is 343 g/mol. The van der Waals surface area contributed by atoms with Crippen LogP contribution in [0.3, 0.4) is 0 Å². The molecule has 1 aromatic heterocycles. The zero-order valence-electron chi connectivity index (χ0n) is 12.0. The van der Waals surface area contributed by atoms with E-state index in [-0.39, 0.29) is 5.82 Å². The predicted octanol–water partition coefficient (Wildman–Crippen LogP) is 3.85. The van der Waals surface area contributed by atoms with Gasteiger partial charge in [-0.05, 0) is 37.0 Å². The zero-order chi connectivity index (χ0) is 15.5. The van der Waals surface area contributed by atoms with E-state index >= 15 is 0 Å². The molecule has 22 heavy (non-hydrogen) atoms. The number of aromatic nitrogens is 1. The van der Waals surface area contributed by atoms with Gasteiger partial charge in [0.1, 0.15) is 11.6 Å². The van der Waals surface area contributed by atoms with Gasteiger partial charge < -0.3 is 14.9 Å². The first-order valence-corrected chi connectivity index (χ1v) is 9.02. The van der Waals surface area contributed by atoms with E-state index in [2.05, 4.69) is 15.0 Å². The van der Waals surface area contributed by atoms with Gasteiger partial charge in [-0.2, -0.15) is 0 Å². The van der Waals surface area contributed by atoms with Crippen LogP contribution in [-0.4, -0.2) is 31.2 Å². The van der Waals surface area contributed by atoms with Crippen LogP contribution in [0.2, 0.25) is 5.02 Å². The fraction of sp³-hybridized carbons (Fsp3) is 0.357. The van der Waals surface area contributed by atoms with Crippen LogP contribution < -0.4 is 14.9 Å². The molecule has 1 saturated heterocycles. The Morgan fingerprint density at radius 2 is 2.41 bits per heavy atom. The number of nitrogens with one attached hydrogen (secondary N) is 2. The highest BCUT2D eigenvalue weighted by Gasteiger charge is 2.22. The fourth-order valence-electron chi connectivity index (χ4n) is 2.40. The van der Waals surface area contributed by atoms with Crippen molar-refractivity contribution in [3.05, 3.63) is 33.9 Å². The summed E-state index contributed by atoms with van der Waals surface area (Å²) in [5.41, 5.74) is 2.45. The number of halogens is 2. The van der Waals surface area contributed by atoms with E-state index in [1.165, 1.54) is 29.4 Å². The van der Waals surface area contributed by atoms with Gasteiger partial charge >= 0.3 is 0 Å². The number of rotatable bonds is 5. The van der Waals surface area contributed by atoms with Crippen LogP contribution in [0, 0.1) is 5.82 Å². The average molecular weight is 359 g/mol. The summed E-state index contributed by atoms with van der Waals surface area (Å²) in [5, 5.41) is 5.72. The number of likely N-dealkylation sites (N-methyl/N-ethyl adjacent to an activating group) is 1. The molecule has 1 aliphatic rings. The monoisotopic (exact) mass is 358 g/mol. The largest absolute Gasteiger partial charge is 0.369 e. The van der Waals surface area contributed by atoms with Crippen molar-refractivity contribution >= 4 is 46.4 Å². The molecule has 1 aliphatic heterocycles. The number of benzene rings is 1. The molecule has 0 radical (unpaired) electrons. The Morgan fingerprint density at radius 3 is 3.09 bits per heavy atom. The van der Waals surface area contributed by atoms with Crippen LogP contribution >= 0.6 is 34.9 Å². The molecule has 1 atom stereocenters. The van der Waals surface area contributed by atoms with E-state index in [0.29, 0.717) is 21.8 Å². The van der Waals surface area contributed by atoms with E-state index < -0.39 is 0 Å². The van der Waals surface area contributed by atoms with E-state index in [4.69, 9.17) is 11.6 Å². The van der Waals surface area contributed by atoms with Gasteiger partial charge in [0.15, 0.2) is 0 Å². The van der Waals surface area contributed by atoms with Gasteiger partial charge in [0.25, 0.3) is 0 Å². The second-order valence-electron chi connectivity index (χ2n) is 5.07. The lowest BCUT2D eigenvalue weighted by molar-refractivity contribution is 0.599. The van der Waals surface area contributed by atoms with Crippen LogP contribution in [0.5, 0.6) is 0 Å². The highest BCUT2D eigenvalue weighted by Crippen LogP contribution is 2.34. The molecule has 1 fully saturated rings. The quantitative estimate of drug-likeness (QED) is 0.794. The van der Waals surface area contributed by atoms with Crippen molar-refractivity contribution in [2.75, 3.05) is 29.8 Å². The molecule has 2 N–H and O–H groups in total. The van der Waals surface area contributed by atoms with Crippen molar-refractivity contribution in [3.8, 4) is 0 Å². The summed E-state index contributed by atoms with van der Waals surface area (Å²) in [5.74, 6) is 0.425. The van der Waals surface area contributed by atoms with Gasteiger partial charge in [0, 0.05) is 25.0 Å². The summed E-state index contributed by atoms with van der Waals surface area (Å²) in [7, 11) is 1.96. The molecule has 1 unspecified atom stereocenters. The SMILES string of the molecule is CN(c1cc(F)c(SNc2cscn2)cc1Cl)C1CCNC1. The Kier molecular flexibility index (Phi) is 5.07. The van der Waals surface area contributed by atoms with Crippen LogP contribution in [0.1, 0.15) is 6.42 Å². The van der Waals surface area contributed by atoms with Crippen LogP contribution in [-0.2, 0) is 0 Å². The van der Waals surface area contributed by atoms with Gasteiger partial charge in [0.05, 0.1) is 21.1 Å². The van der Waals surface area contributed by atoms with Gasteiger partial charge in [-0.1, -0.05) is 11.6 Å². The summed E-state index contributed by atoms with van der Waals surface area (Å²) >= 11 is 9.01. The van der Waals surface area contributed by atoms with Crippen molar-refractivity contribution in [1.82, 2.24) is 10.3 Å². The molecule has 118 valence electrons. The summed E-state index contributed by atoms with van der Waals surface area (Å²) < 4.78 is 17.3. The maximum Gasteiger partial charge on any atom is 0.147 e. The zero-order valence-corrected chi connectivity index (χ0v) is 14.4. The molecule has 0 aliphatic carbocycles. The van der Waals surface area contributed by atoms with E-state index in [0.717, 1.165) is 25.2 Å². The van der Waals surface area contributed by atoms with E-state index in [9.17, 15) is 4.39 Å². The van der Waals surface area contributed by atoms with Gasteiger partial charge in [-0.3, -0.25) is 0 Å². The Labute approximate surface area is 142 Å². The van der Waals surface area contributed by atoms with Crippen LogP contribution in [0.4, 0.5) is 15.9 Å². The van der Waals surface area contributed by atoms with Crippen molar-refractivity contribution in [1.29, 1.82) is 0 Å². The van der Waals surface area contributed by atoms with E-state index in [1.54, 1.807) is 11.6 Å². The molecule has 0 saturated carbocycles. The third kappa shape index (κ3) is 3.48. The van der Waals surface area contributed by atoms with Crippen LogP contribution in [0.15, 0.2) is 27.9 Å². The predicted molar refractivity (Wildman–Crippen MR) is 92.7 cm³/mol. The fourth-order valence-corrected chi connectivity index (χ4v) is 3.98. The highest BCUT2D eigenvalue weighted by molar-refractivity contribution is 8.00. The standard InChI is InChI=1S/C14H16ClFN4S2/c1-20(9-2-3-17-6-9)12-5-11(16)13(4-10(12)15)22-19-14-7-21-8-18-14/h4-5,7-9,17,19H,2-3,6H2,1H3. The Bertz CT molecular complexity index is 632. The number of thiazole rings is 1. The lowest BCUT2D eigenvalue weighted by atomic mass is 10.2. The van der Waals surface area contributed by atoms with Gasteiger partial charge in [-0.15, -0.1) is 11.3 Å². The van der Waals surface area contributed by atoms with Crippen molar-refractivity contribution in [2.24, 2.45) is 0 Å². The second-order valence-corrected chi connectivity index (χ2v) is 7.04. The molecular formula is C14H16ClFN4S2. The first-order chi connectivity index (χ1) is 10.6. The summed E-state index contributed by atoms with van der Waals surface area (Å²) in [6.07, 6.45) is 1.04. The molecule has 0 spiro atoms. The Morgan fingerprint density at radius 1 is 1.55 bits per heavy atom. The van der Waals surface area contributed by atoms with Crippen molar-refractivity contribution in [3.63, 3.8) is 0 Å². The maximum absolute atomic E-state index is 14.3. The number of hydrogen-bond donors (Lipinski definition) is 2. The lowest BCUT2D eigenvalue weighted by Crippen LogP contribution is -2.33. The molecule has 2 heterocycles. The first kappa shape index (κ1) is 15.9. The first-order valence-electron chi connectivity index (χ1n) is 6.89. The lowest BCUT2D eigenvalue weighted by Gasteiger charge is -2.27. The smallest absolute Gasteiger partial charge is 0.147 e. The third-order valence-electron chi connectivity index (χ3n) is 3.66. The minimum absolute atomic E-state index is 0.287. The second kappa shape index (κ2) is 7.04. The molecule has 8 heteroatoms. The van der Waals surface area contributed by atoms with Crippen LogP contribution in [0.25, 0.3) is 0 Å². The summed E-state index contributed by atoms with van der Waals surface area (Å²) in [6.45, 7) is 1.89. The number of hydrogen-bond acceptors (Lipinski definition) is 6. The topological polar surface area (TPSA) is 40.2 Å². The van der Waals surface area contributed by atoms with Gasteiger partial charge in [0.2, 0.25) is 0 Å². The number of anilines is 2. The molecule has 0 bridgehead atoms. The highest BCUT2D eigenvalue weighted by atomic mass is 35.5. The molecule has 3 rings (SSSR count). The summed E-state index contributed by atoms with van der Waals surface area (Å²) in [6, 6.07) is 3.52. The average Bonchev–Trinajstić information content (AvgIpc) is 3.20. The van der Waals surface area contributed by atoms with E-state index in [1.807, 2.05) is 17.3 Å². The number of nitrogens with zero attached hydrogens (tertiary/aromatic N) is 2. The minimum Gasteiger partial charge on any atom is -0.369 e. The Hall–Kier alpha value is -1.02. The maximum atomic E-state index is 14.3. The molecule has 4 nitrogen and oxygen atoms in total. The Balaban J connectivity index is 1.75.